The van der Waals surface area contributed by atoms with Gasteiger partial charge in [-0.2, -0.15) is 12.6 Å². The van der Waals surface area contributed by atoms with Gasteiger partial charge in [0.25, 0.3) is 0 Å². The summed E-state index contributed by atoms with van der Waals surface area (Å²) in [6, 6.07) is 1.83. The van der Waals surface area contributed by atoms with Gasteiger partial charge in [-0.3, -0.25) is 0 Å². The predicted molar refractivity (Wildman–Crippen MR) is 62.7 cm³/mol. The Morgan fingerprint density at radius 1 is 1.64 bits per heavy atom. The highest BCUT2D eigenvalue weighted by atomic mass is 32.1. The molecule has 0 aliphatic heterocycles. The fraction of sp³-hybridized carbons (Fsp3) is 0.300. The van der Waals surface area contributed by atoms with E-state index in [0.717, 1.165) is 17.7 Å². The van der Waals surface area contributed by atoms with E-state index in [-0.39, 0.29) is 0 Å². The molecule has 14 heavy (non-hydrogen) atoms. The molecule has 3 nitrogen and oxygen atoms in total. The lowest BCUT2D eigenvalue weighted by Crippen LogP contribution is -1.95. The summed E-state index contributed by atoms with van der Waals surface area (Å²) in [6.07, 6.45) is 6.67. The molecular formula is C10H14N2OS. The summed E-state index contributed by atoms with van der Waals surface area (Å²) in [5, 5.41) is 0. The van der Waals surface area contributed by atoms with Crippen molar-refractivity contribution in [2.24, 2.45) is 0 Å². The Hall–Kier alpha value is -1.16. The van der Waals surface area contributed by atoms with E-state index in [2.05, 4.69) is 17.6 Å². The number of nitrogen functional groups attached to an aromatic ring is 1. The van der Waals surface area contributed by atoms with E-state index >= 15 is 0 Å². The van der Waals surface area contributed by atoms with E-state index in [1.807, 2.05) is 18.2 Å². The fourth-order valence-corrected chi connectivity index (χ4v) is 1.19. The Kier molecular flexibility index (Phi) is 4.32. The number of ether oxygens (including phenoxy) is 1. The topological polar surface area (TPSA) is 48.1 Å². The molecule has 0 amide bonds. The van der Waals surface area contributed by atoms with Crippen molar-refractivity contribution in [3.8, 4) is 5.88 Å². The highest BCUT2D eigenvalue weighted by Crippen LogP contribution is 2.18. The molecule has 1 aromatic heterocycles. The Balaban J connectivity index is 2.76. The van der Waals surface area contributed by atoms with Crippen molar-refractivity contribution < 1.29 is 4.74 Å². The summed E-state index contributed by atoms with van der Waals surface area (Å²) in [6.45, 7) is 0. The maximum Gasteiger partial charge on any atom is 0.236 e. The molecule has 0 bridgehead atoms. The maximum atomic E-state index is 5.70. The second kappa shape index (κ2) is 5.54. The van der Waals surface area contributed by atoms with E-state index in [1.54, 1.807) is 13.3 Å². The van der Waals surface area contributed by atoms with Gasteiger partial charge in [-0.1, -0.05) is 12.2 Å². The van der Waals surface area contributed by atoms with E-state index in [4.69, 9.17) is 10.5 Å². The Bertz CT molecular complexity index is 326. The molecule has 0 saturated heterocycles. The van der Waals surface area contributed by atoms with Crippen molar-refractivity contribution >= 4 is 24.4 Å². The van der Waals surface area contributed by atoms with Gasteiger partial charge in [0.2, 0.25) is 5.88 Å². The minimum atomic E-state index is 0.469. The lowest BCUT2D eigenvalue weighted by atomic mass is 10.2. The largest absolute Gasteiger partial charge is 0.480 e. The molecule has 0 aromatic carbocycles. The van der Waals surface area contributed by atoms with Crippen molar-refractivity contribution in [3.63, 3.8) is 0 Å². The van der Waals surface area contributed by atoms with Gasteiger partial charge in [0.15, 0.2) is 0 Å². The van der Waals surface area contributed by atoms with Gasteiger partial charge >= 0.3 is 0 Å². The van der Waals surface area contributed by atoms with Crippen LogP contribution < -0.4 is 10.5 Å². The molecule has 0 fully saturated rings. The number of rotatable bonds is 4. The van der Waals surface area contributed by atoms with Gasteiger partial charge in [-0.15, -0.1) is 0 Å². The smallest absolute Gasteiger partial charge is 0.236 e. The van der Waals surface area contributed by atoms with E-state index in [0.29, 0.717) is 11.6 Å². The average molecular weight is 210 g/mol. The average Bonchev–Trinajstić information content (AvgIpc) is 2.18. The Morgan fingerprint density at radius 2 is 2.43 bits per heavy atom. The number of hydrogen-bond donors (Lipinski definition) is 2. The van der Waals surface area contributed by atoms with Crippen LogP contribution in [0.25, 0.3) is 6.08 Å². The van der Waals surface area contributed by atoms with Gasteiger partial charge in [-0.25, -0.2) is 4.98 Å². The second-order valence-corrected chi connectivity index (χ2v) is 3.23. The standard InChI is InChI=1S/C10H14N2OS/c1-13-10-9(11)6-8(7-12-10)4-2-3-5-14/h2,4,6-7,14H,3,5,11H2,1H3. The zero-order valence-corrected chi connectivity index (χ0v) is 9.00. The first kappa shape index (κ1) is 10.9. The van der Waals surface area contributed by atoms with Crippen LogP contribution in [-0.2, 0) is 0 Å². The first-order chi connectivity index (χ1) is 6.77. The molecule has 0 atom stereocenters. The minimum absolute atomic E-state index is 0.469. The molecule has 1 aromatic rings. The summed E-state index contributed by atoms with van der Waals surface area (Å²) in [5.41, 5.74) is 7.23. The lowest BCUT2D eigenvalue weighted by Gasteiger charge is -2.02. The lowest BCUT2D eigenvalue weighted by molar-refractivity contribution is 0.400. The van der Waals surface area contributed by atoms with Gasteiger partial charge in [-0.05, 0) is 23.8 Å². The zero-order valence-electron chi connectivity index (χ0n) is 8.10. The summed E-state index contributed by atoms with van der Waals surface area (Å²) in [7, 11) is 1.55. The molecule has 0 saturated carbocycles. The van der Waals surface area contributed by atoms with Crippen LogP contribution in [0.4, 0.5) is 5.69 Å². The molecule has 0 unspecified atom stereocenters. The molecule has 4 heteroatoms. The van der Waals surface area contributed by atoms with Crippen molar-refractivity contribution in [1.29, 1.82) is 0 Å². The molecule has 0 spiro atoms. The van der Waals surface area contributed by atoms with Crippen molar-refractivity contribution in [2.45, 2.75) is 6.42 Å². The SMILES string of the molecule is COc1ncc(C=CCCS)cc1N. The monoisotopic (exact) mass is 210 g/mol. The summed E-state index contributed by atoms with van der Waals surface area (Å²) >= 11 is 4.11. The van der Waals surface area contributed by atoms with Crippen LogP contribution >= 0.6 is 12.6 Å². The van der Waals surface area contributed by atoms with E-state index in [1.165, 1.54) is 0 Å². The number of methoxy groups -OCH3 is 1. The number of allylic oxidation sites excluding steroid dienone is 1. The quantitative estimate of drug-likeness (QED) is 0.747. The van der Waals surface area contributed by atoms with Gasteiger partial charge in [0.1, 0.15) is 0 Å². The van der Waals surface area contributed by atoms with E-state index < -0.39 is 0 Å². The zero-order chi connectivity index (χ0) is 10.4. The normalized spacial score (nSPS) is 10.7. The molecule has 0 aliphatic carbocycles. The van der Waals surface area contributed by atoms with Crippen LogP contribution in [0.3, 0.4) is 0 Å². The molecule has 1 heterocycles. The van der Waals surface area contributed by atoms with Crippen LogP contribution in [0.5, 0.6) is 5.88 Å². The molecule has 0 aliphatic rings. The third-order valence-corrected chi connectivity index (χ3v) is 1.96. The molecule has 1 rings (SSSR count). The number of aromatic nitrogens is 1. The third-order valence-electron chi connectivity index (χ3n) is 1.70. The summed E-state index contributed by atoms with van der Waals surface area (Å²) < 4.78 is 4.95. The number of thiol groups is 1. The maximum absolute atomic E-state index is 5.70. The van der Waals surface area contributed by atoms with Crippen LogP contribution in [0.15, 0.2) is 18.3 Å². The minimum Gasteiger partial charge on any atom is -0.480 e. The van der Waals surface area contributed by atoms with Crippen LogP contribution in [-0.4, -0.2) is 17.8 Å². The van der Waals surface area contributed by atoms with Crippen LogP contribution in [0.2, 0.25) is 0 Å². The molecule has 2 N–H and O–H groups in total. The number of hydrogen-bond acceptors (Lipinski definition) is 4. The number of pyridine rings is 1. The highest BCUT2D eigenvalue weighted by Gasteiger charge is 1.99. The van der Waals surface area contributed by atoms with Crippen molar-refractivity contribution in [1.82, 2.24) is 4.98 Å². The second-order valence-electron chi connectivity index (χ2n) is 2.78. The van der Waals surface area contributed by atoms with Gasteiger partial charge in [0.05, 0.1) is 12.8 Å². The Morgan fingerprint density at radius 3 is 3.00 bits per heavy atom. The summed E-state index contributed by atoms with van der Waals surface area (Å²) in [4.78, 5) is 4.06. The van der Waals surface area contributed by atoms with Crippen LogP contribution in [0.1, 0.15) is 12.0 Å². The van der Waals surface area contributed by atoms with E-state index in [9.17, 15) is 0 Å². The van der Waals surface area contributed by atoms with Crippen molar-refractivity contribution in [3.05, 3.63) is 23.9 Å². The number of anilines is 1. The predicted octanol–water partition coefficient (Wildman–Crippen LogP) is 2.01. The molecule has 0 radical (unpaired) electrons. The van der Waals surface area contributed by atoms with Gasteiger partial charge < -0.3 is 10.5 Å². The van der Waals surface area contributed by atoms with Crippen LogP contribution in [0, 0.1) is 0 Å². The van der Waals surface area contributed by atoms with Crippen molar-refractivity contribution in [2.75, 3.05) is 18.6 Å². The molecular weight excluding hydrogens is 196 g/mol. The fourth-order valence-electron chi connectivity index (χ4n) is 1.04. The number of nitrogens with two attached hydrogens (primary N) is 1. The molecule has 76 valence electrons. The van der Waals surface area contributed by atoms with Gasteiger partial charge in [0, 0.05) is 6.20 Å². The first-order valence-corrected chi connectivity index (χ1v) is 4.98. The third kappa shape index (κ3) is 2.96. The highest BCUT2D eigenvalue weighted by molar-refractivity contribution is 7.80. The number of nitrogens with zero attached hydrogens (tertiary/aromatic N) is 1. The first-order valence-electron chi connectivity index (χ1n) is 4.35. The summed E-state index contributed by atoms with van der Waals surface area (Å²) in [5.74, 6) is 1.31. The Labute approximate surface area is 89.4 Å².